The number of amides is 1. The van der Waals surface area contributed by atoms with Gasteiger partial charge in [0.1, 0.15) is 0 Å². The quantitative estimate of drug-likeness (QED) is 0.286. The van der Waals surface area contributed by atoms with Crippen LogP contribution in [0.1, 0.15) is 39.7 Å². The molecule has 3 heterocycles. The zero-order valence-corrected chi connectivity index (χ0v) is 22.3. The van der Waals surface area contributed by atoms with Crippen LogP contribution in [-0.4, -0.2) is 42.6 Å². The van der Waals surface area contributed by atoms with Crippen molar-refractivity contribution in [3.63, 3.8) is 0 Å². The molecular weight excluding hydrogens is 508 g/mol. The van der Waals surface area contributed by atoms with E-state index in [2.05, 4.69) is 4.98 Å². The highest BCUT2D eigenvalue weighted by Gasteiger charge is 2.47. The van der Waals surface area contributed by atoms with Crippen molar-refractivity contribution in [2.24, 2.45) is 0 Å². The van der Waals surface area contributed by atoms with Crippen LogP contribution in [0.25, 0.3) is 11.0 Å². The molecule has 1 aliphatic rings. The van der Waals surface area contributed by atoms with Crippen LogP contribution < -0.4 is 19.1 Å². The van der Waals surface area contributed by atoms with E-state index in [1.54, 1.807) is 42.5 Å². The van der Waals surface area contributed by atoms with E-state index in [9.17, 15) is 14.7 Å². The van der Waals surface area contributed by atoms with Crippen LogP contribution in [0, 0.1) is 13.8 Å². The number of aryl methyl sites for hydroxylation is 2. The fourth-order valence-corrected chi connectivity index (χ4v) is 5.42. The van der Waals surface area contributed by atoms with Crippen LogP contribution in [0.3, 0.4) is 0 Å². The maximum atomic E-state index is 13.9. The monoisotopic (exact) mass is 534 g/mol. The van der Waals surface area contributed by atoms with E-state index in [1.807, 2.05) is 20.8 Å². The molecule has 4 aromatic rings. The van der Waals surface area contributed by atoms with Gasteiger partial charge in [0.2, 0.25) is 5.78 Å². The number of ketones is 1. The molecule has 196 valence electrons. The summed E-state index contributed by atoms with van der Waals surface area (Å²) in [5.74, 6) is -0.643. The summed E-state index contributed by atoms with van der Waals surface area (Å²) < 4.78 is 22.4. The summed E-state index contributed by atoms with van der Waals surface area (Å²) in [6.07, 6.45) is 0. The van der Waals surface area contributed by atoms with Crippen LogP contribution in [-0.2, 0) is 4.79 Å². The number of ether oxygens (including phenoxy) is 3. The van der Waals surface area contributed by atoms with Gasteiger partial charge < -0.3 is 23.7 Å². The number of aliphatic hydroxyl groups excluding tert-OH is 1. The zero-order valence-electron chi connectivity index (χ0n) is 21.5. The molecule has 1 unspecified atom stereocenters. The van der Waals surface area contributed by atoms with Gasteiger partial charge in [0, 0.05) is 10.3 Å². The van der Waals surface area contributed by atoms with E-state index in [1.165, 1.54) is 30.5 Å². The Balaban J connectivity index is 1.68. The lowest BCUT2D eigenvalue weighted by molar-refractivity contribution is -0.117. The lowest BCUT2D eigenvalue weighted by atomic mass is 9.95. The molecule has 2 aromatic heterocycles. The number of aliphatic hydroxyl groups is 1. The number of nitrogens with zero attached hydrogens (tertiary/aromatic N) is 2. The van der Waals surface area contributed by atoms with Gasteiger partial charge >= 0.3 is 0 Å². The molecule has 1 atom stereocenters. The number of thiazole rings is 1. The molecule has 1 amide bonds. The first-order valence-electron chi connectivity index (χ1n) is 11.9. The van der Waals surface area contributed by atoms with Crippen molar-refractivity contribution in [3.8, 4) is 17.2 Å². The summed E-state index contributed by atoms with van der Waals surface area (Å²) in [6.45, 7) is 6.03. The number of hydrogen-bond donors (Lipinski definition) is 1. The molecule has 1 aliphatic heterocycles. The number of rotatable bonds is 8. The van der Waals surface area contributed by atoms with Gasteiger partial charge in [0.05, 0.1) is 38.1 Å². The normalized spacial score (nSPS) is 15.4. The molecule has 0 radical (unpaired) electrons. The third-order valence-electron chi connectivity index (χ3n) is 6.43. The van der Waals surface area contributed by atoms with Crippen molar-refractivity contribution in [1.82, 2.24) is 4.98 Å². The molecule has 5 rings (SSSR count). The number of Topliss-reactive ketones (excluding diaryl/α,β-unsaturated/α-hetero) is 1. The molecule has 0 aliphatic carbocycles. The number of carbonyl (C=O) groups excluding carboxylic acids is 2. The minimum absolute atomic E-state index is 0.0323. The number of hydrogen-bond acceptors (Lipinski definition) is 9. The highest BCUT2D eigenvalue weighted by Crippen LogP contribution is 2.45. The van der Waals surface area contributed by atoms with Crippen LogP contribution in [0.2, 0.25) is 0 Å². The van der Waals surface area contributed by atoms with Crippen LogP contribution in [0.4, 0.5) is 5.13 Å². The van der Waals surface area contributed by atoms with Crippen molar-refractivity contribution in [1.29, 1.82) is 0 Å². The van der Waals surface area contributed by atoms with E-state index >= 15 is 0 Å². The van der Waals surface area contributed by atoms with Crippen LogP contribution in [0.5, 0.6) is 17.2 Å². The van der Waals surface area contributed by atoms with Crippen molar-refractivity contribution in [2.45, 2.75) is 26.8 Å². The van der Waals surface area contributed by atoms with Crippen molar-refractivity contribution in [3.05, 3.63) is 75.7 Å². The summed E-state index contributed by atoms with van der Waals surface area (Å²) in [5, 5.41) is 12.1. The predicted molar refractivity (Wildman–Crippen MR) is 143 cm³/mol. The molecule has 0 saturated heterocycles. The number of benzene rings is 2. The number of furan rings is 1. The van der Waals surface area contributed by atoms with Gasteiger partial charge in [-0.25, -0.2) is 4.98 Å². The summed E-state index contributed by atoms with van der Waals surface area (Å²) in [6, 6.07) is 11.0. The molecule has 1 N–H and O–H groups in total. The van der Waals surface area contributed by atoms with E-state index in [0.29, 0.717) is 45.5 Å². The van der Waals surface area contributed by atoms with Gasteiger partial charge in [-0.3, -0.25) is 14.5 Å². The first-order chi connectivity index (χ1) is 18.3. The zero-order chi connectivity index (χ0) is 27.1. The lowest BCUT2D eigenvalue weighted by Gasteiger charge is -2.25. The average Bonchev–Trinajstić information content (AvgIpc) is 3.57. The van der Waals surface area contributed by atoms with Gasteiger partial charge in [0.15, 0.2) is 39.5 Å². The Labute approximate surface area is 222 Å². The van der Waals surface area contributed by atoms with Crippen molar-refractivity contribution >= 4 is 39.1 Å². The fourth-order valence-electron chi connectivity index (χ4n) is 4.48. The fraction of sp³-hybridized carbons (Fsp3) is 0.250. The molecule has 0 bridgehead atoms. The Hall–Kier alpha value is -4.31. The minimum Gasteiger partial charge on any atom is -0.503 e. The standard InChI is InChI=1S/C28H26N2O7S/c1-6-36-18-11-10-16(12-20(18)35-5)23-22(25(32)27(33)30(23)28-29-14(2)15(3)38-28)24(31)21-13-17-8-7-9-19(34-4)26(17)37-21/h7-13,23,32H,6H2,1-5H3. The number of fused-ring (bicyclic) bond motifs is 1. The highest BCUT2D eigenvalue weighted by atomic mass is 32.1. The number of aromatic nitrogens is 1. The molecule has 0 spiro atoms. The molecular formula is C28H26N2O7S. The highest BCUT2D eigenvalue weighted by molar-refractivity contribution is 7.15. The SMILES string of the molecule is CCOc1ccc(C2C(C(=O)c3cc4cccc(OC)c4o3)=C(O)C(=O)N2c2nc(C)c(C)s2)cc1OC. The Morgan fingerprint density at radius 3 is 2.53 bits per heavy atom. The maximum Gasteiger partial charge on any atom is 0.296 e. The van der Waals surface area contributed by atoms with E-state index in [0.717, 1.165) is 10.6 Å². The summed E-state index contributed by atoms with van der Waals surface area (Å²) >= 11 is 1.30. The Bertz CT molecular complexity index is 1580. The van der Waals surface area contributed by atoms with Gasteiger partial charge in [-0.15, -0.1) is 11.3 Å². The summed E-state index contributed by atoms with van der Waals surface area (Å²) in [7, 11) is 3.02. The first kappa shape index (κ1) is 25.3. The second kappa shape index (κ2) is 9.86. The molecule has 2 aromatic carbocycles. The lowest BCUT2D eigenvalue weighted by Crippen LogP contribution is -2.31. The Kier molecular flexibility index (Phi) is 6.58. The first-order valence-corrected chi connectivity index (χ1v) is 12.7. The van der Waals surface area contributed by atoms with Crippen molar-refractivity contribution < 1.29 is 33.3 Å². The molecule has 10 heteroatoms. The second-order valence-electron chi connectivity index (χ2n) is 8.64. The third kappa shape index (κ3) is 4.06. The Morgan fingerprint density at radius 2 is 1.87 bits per heavy atom. The number of carbonyl (C=O) groups is 2. The van der Waals surface area contributed by atoms with E-state index < -0.39 is 23.5 Å². The average molecular weight is 535 g/mol. The van der Waals surface area contributed by atoms with Gasteiger partial charge in [-0.1, -0.05) is 18.2 Å². The predicted octanol–water partition coefficient (Wildman–Crippen LogP) is 5.70. The van der Waals surface area contributed by atoms with Crippen LogP contribution in [0.15, 0.2) is 58.2 Å². The van der Waals surface area contributed by atoms with Gasteiger partial charge in [0.25, 0.3) is 5.91 Å². The molecule has 0 saturated carbocycles. The maximum absolute atomic E-state index is 13.9. The number of para-hydroxylation sites is 1. The Morgan fingerprint density at radius 1 is 1.11 bits per heavy atom. The molecule has 9 nitrogen and oxygen atoms in total. The number of anilines is 1. The van der Waals surface area contributed by atoms with Gasteiger partial charge in [-0.05, 0) is 50.6 Å². The smallest absolute Gasteiger partial charge is 0.296 e. The summed E-state index contributed by atoms with van der Waals surface area (Å²) in [4.78, 5) is 34.2. The van der Waals surface area contributed by atoms with Gasteiger partial charge in [-0.2, -0.15) is 0 Å². The molecule has 0 fully saturated rings. The van der Waals surface area contributed by atoms with E-state index in [4.69, 9.17) is 18.6 Å². The topological polar surface area (TPSA) is 111 Å². The minimum atomic E-state index is -0.986. The number of methoxy groups -OCH3 is 2. The van der Waals surface area contributed by atoms with E-state index in [-0.39, 0.29) is 11.3 Å². The second-order valence-corrected chi connectivity index (χ2v) is 9.82. The summed E-state index contributed by atoms with van der Waals surface area (Å²) in [5.41, 5.74) is 1.56. The third-order valence-corrected chi connectivity index (χ3v) is 7.50. The van der Waals surface area contributed by atoms with Crippen molar-refractivity contribution in [2.75, 3.05) is 25.7 Å². The molecule has 38 heavy (non-hydrogen) atoms. The van der Waals surface area contributed by atoms with Crippen LogP contribution >= 0.6 is 11.3 Å². The largest absolute Gasteiger partial charge is 0.503 e.